The summed E-state index contributed by atoms with van der Waals surface area (Å²) in [6.07, 6.45) is 0.864. The zero-order valence-electron chi connectivity index (χ0n) is 18.8. The summed E-state index contributed by atoms with van der Waals surface area (Å²) >= 11 is 1.44. The van der Waals surface area contributed by atoms with E-state index >= 15 is 0 Å². The van der Waals surface area contributed by atoms with Gasteiger partial charge in [-0.1, -0.05) is 12.1 Å². The first-order valence-corrected chi connectivity index (χ1v) is 11.7. The molecule has 184 valence electrons. The highest BCUT2D eigenvalue weighted by molar-refractivity contribution is 7.98. The molecule has 1 aromatic rings. The normalized spacial score (nSPS) is 15.4. The molecule has 3 amide bonds. The second-order valence-corrected chi connectivity index (χ2v) is 8.60. The molecule has 0 aliphatic carbocycles. The maximum atomic E-state index is 12.6. The Morgan fingerprint density at radius 2 is 1.61 bits per heavy atom. The molecule has 8 N–H and O–H groups in total. The number of phenolic OH excluding ortho intramolecular Hbond substituents is 1. The molecule has 0 heterocycles. The maximum Gasteiger partial charge on any atom is 0.326 e. The third kappa shape index (κ3) is 9.68. The Bertz CT molecular complexity index is 819. The molecule has 0 spiro atoms. The van der Waals surface area contributed by atoms with Crippen LogP contribution in [0.2, 0.25) is 0 Å². The summed E-state index contributed by atoms with van der Waals surface area (Å²) in [5.41, 5.74) is 6.59. The minimum absolute atomic E-state index is 0.0692. The predicted molar refractivity (Wildman–Crippen MR) is 124 cm³/mol. The van der Waals surface area contributed by atoms with E-state index in [9.17, 15) is 34.5 Å². The zero-order valence-corrected chi connectivity index (χ0v) is 19.6. The molecule has 0 bridgehead atoms. The number of aliphatic hydroxyl groups is 1. The lowest BCUT2D eigenvalue weighted by atomic mass is 10.0. The van der Waals surface area contributed by atoms with Crippen molar-refractivity contribution in [1.82, 2.24) is 16.0 Å². The van der Waals surface area contributed by atoms with Gasteiger partial charge in [-0.15, -0.1) is 0 Å². The molecule has 0 saturated heterocycles. The standard InChI is InChI=1S/C21H32N4O7S/c1-11(18(28)24-16(21(31)32)8-9-33-3)23-20(30)17(12(2)26)25-19(29)15(22)10-13-4-6-14(27)7-5-13/h4-7,11-12,15-17,26-27H,8-10,22H2,1-3H3,(H,23,30)(H,24,28)(H,25,29)(H,31,32). The lowest BCUT2D eigenvalue weighted by Gasteiger charge is -2.25. The Morgan fingerprint density at radius 3 is 2.12 bits per heavy atom. The van der Waals surface area contributed by atoms with Crippen LogP contribution in [0.15, 0.2) is 24.3 Å². The molecule has 5 unspecified atom stereocenters. The van der Waals surface area contributed by atoms with E-state index in [-0.39, 0.29) is 18.6 Å². The van der Waals surface area contributed by atoms with Crippen LogP contribution < -0.4 is 21.7 Å². The summed E-state index contributed by atoms with van der Waals surface area (Å²) in [4.78, 5) is 48.7. The Morgan fingerprint density at radius 1 is 1.00 bits per heavy atom. The van der Waals surface area contributed by atoms with Gasteiger partial charge >= 0.3 is 5.97 Å². The van der Waals surface area contributed by atoms with Crippen LogP contribution in [0.1, 0.15) is 25.8 Å². The third-order valence-electron chi connectivity index (χ3n) is 4.77. The molecule has 12 heteroatoms. The lowest BCUT2D eigenvalue weighted by molar-refractivity contribution is -0.142. The molecule has 0 aliphatic rings. The molecule has 11 nitrogen and oxygen atoms in total. The summed E-state index contributed by atoms with van der Waals surface area (Å²) in [5, 5.41) is 35.6. The third-order valence-corrected chi connectivity index (χ3v) is 5.41. The molecule has 33 heavy (non-hydrogen) atoms. The number of nitrogens with one attached hydrogen (secondary N) is 3. The van der Waals surface area contributed by atoms with Crippen molar-refractivity contribution in [2.75, 3.05) is 12.0 Å². The van der Waals surface area contributed by atoms with Crippen molar-refractivity contribution in [2.45, 2.75) is 57.0 Å². The molecule has 1 rings (SSSR count). The Balaban J connectivity index is 2.71. The van der Waals surface area contributed by atoms with Gasteiger partial charge in [0, 0.05) is 0 Å². The second-order valence-electron chi connectivity index (χ2n) is 7.62. The van der Waals surface area contributed by atoms with Gasteiger partial charge in [0.2, 0.25) is 17.7 Å². The van der Waals surface area contributed by atoms with Gasteiger partial charge < -0.3 is 37.0 Å². The van der Waals surface area contributed by atoms with Crippen molar-refractivity contribution in [3.05, 3.63) is 29.8 Å². The Hall–Kier alpha value is -2.83. The molecule has 0 fully saturated rings. The SMILES string of the molecule is CSCCC(NC(=O)C(C)NC(=O)C(NC(=O)C(N)Cc1ccc(O)cc1)C(C)O)C(=O)O. The van der Waals surface area contributed by atoms with E-state index in [1.165, 1.54) is 37.7 Å². The average molecular weight is 485 g/mol. The highest BCUT2D eigenvalue weighted by Gasteiger charge is 2.30. The number of aliphatic hydroxyl groups excluding tert-OH is 1. The molecule has 0 aromatic heterocycles. The number of phenols is 1. The number of hydrogen-bond acceptors (Lipinski definition) is 8. The molecular formula is C21H32N4O7S. The highest BCUT2D eigenvalue weighted by atomic mass is 32.2. The number of carboxylic acids is 1. The summed E-state index contributed by atoms with van der Waals surface area (Å²) in [6, 6.07) is 1.48. The monoisotopic (exact) mass is 484 g/mol. The molecule has 5 atom stereocenters. The van der Waals surface area contributed by atoms with Crippen LogP contribution in [0.25, 0.3) is 0 Å². The molecule has 0 saturated carbocycles. The second kappa shape index (κ2) is 13.7. The summed E-state index contributed by atoms with van der Waals surface area (Å²) in [7, 11) is 0. The van der Waals surface area contributed by atoms with E-state index in [2.05, 4.69) is 16.0 Å². The number of thioether (sulfide) groups is 1. The Labute approximate surface area is 196 Å². The van der Waals surface area contributed by atoms with Crippen LogP contribution in [-0.4, -0.2) is 81.3 Å². The van der Waals surface area contributed by atoms with Gasteiger partial charge in [0.25, 0.3) is 0 Å². The number of carbonyl (C=O) groups is 4. The number of benzene rings is 1. The minimum atomic E-state index is -1.38. The number of carboxylic acid groups (broad SMARTS) is 1. The highest BCUT2D eigenvalue weighted by Crippen LogP contribution is 2.11. The van der Waals surface area contributed by atoms with Crippen LogP contribution in [-0.2, 0) is 25.6 Å². The first-order chi connectivity index (χ1) is 15.5. The van der Waals surface area contributed by atoms with Gasteiger partial charge in [-0.3, -0.25) is 14.4 Å². The lowest BCUT2D eigenvalue weighted by Crippen LogP contribution is -2.59. The summed E-state index contributed by atoms with van der Waals surface area (Å²) in [6.45, 7) is 2.65. The first-order valence-electron chi connectivity index (χ1n) is 10.3. The van der Waals surface area contributed by atoms with Gasteiger partial charge in [0.05, 0.1) is 12.1 Å². The van der Waals surface area contributed by atoms with Crippen molar-refractivity contribution in [3.63, 3.8) is 0 Å². The number of aliphatic carboxylic acids is 1. The largest absolute Gasteiger partial charge is 0.508 e. The number of hydrogen-bond donors (Lipinski definition) is 7. The van der Waals surface area contributed by atoms with Crippen LogP contribution in [0.3, 0.4) is 0 Å². The maximum absolute atomic E-state index is 12.6. The molecule has 0 radical (unpaired) electrons. The van der Waals surface area contributed by atoms with Gasteiger partial charge in [-0.05, 0) is 56.4 Å². The quantitative estimate of drug-likeness (QED) is 0.183. The van der Waals surface area contributed by atoms with Crippen molar-refractivity contribution in [2.24, 2.45) is 5.73 Å². The molecule has 1 aromatic carbocycles. The smallest absolute Gasteiger partial charge is 0.326 e. The van der Waals surface area contributed by atoms with E-state index in [1.807, 2.05) is 6.26 Å². The average Bonchev–Trinajstić information content (AvgIpc) is 2.75. The number of rotatable bonds is 13. The van der Waals surface area contributed by atoms with E-state index in [0.717, 1.165) is 0 Å². The van der Waals surface area contributed by atoms with E-state index in [4.69, 9.17) is 5.73 Å². The van der Waals surface area contributed by atoms with E-state index in [1.54, 1.807) is 12.1 Å². The van der Waals surface area contributed by atoms with Gasteiger partial charge in [0.15, 0.2) is 0 Å². The van der Waals surface area contributed by atoms with E-state index < -0.39 is 54.0 Å². The van der Waals surface area contributed by atoms with Crippen LogP contribution in [0.4, 0.5) is 0 Å². The van der Waals surface area contributed by atoms with Crippen molar-refractivity contribution in [1.29, 1.82) is 0 Å². The fourth-order valence-corrected chi connectivity index (χ4v) is 3.27. The number of nitrogens with two attached hydrogens (primary N) is 1. The van der Waals surface area contributed by atoms with Crippen molar-refractivity contribution < 1.29 is 34.5 Å². The fourth-order valence-electron chi connectivity index (χ4n) is 2.80. The van der Waals surface area contributed by atoms with Crippen LogP contribution in [0, 0.1) is 0 Å². The Kier molecular flexibility index (Phi) is 11.7. The molecular weight excluding hydrogens is 452 g/mol. The fraction of sp³-hybridized carbons (Fsp3) is 0.524. The molecule has 0 aliphatic heterocycles. The number of aromatic hydroxyl groups is 1. The first kappa shape index (κ1) is 28.2. The van der Waals surface area contributed by atoms with Crippen molar-refractivity contribution >= 4 is 35.5 Å². The zero-order chi connectivity index (χ0) is 25.1. The predicted octanol–water partition coefficient (Wildman–Crippen LogP) is -1.05. The van der Waals surface area contributed by atoms with Gasteiger partial charge in [-0.25, -0.2) is 4.79 Å². The van der Waals surface area contributed by atoms with Crippen LogP contribution in [0.5, 0.6) is 5.75 Å². The minimum Gasteiger partial charge on any atom is -0.508 e. The van der Waals surface area contributed by atoms with Gasteiger partial charge in [0.1, 0.15) is 23.9 Å². The van der Waals surface area contributed by atoms with Crippen LogP contribution >= 0.6 is 11.8 Å². The van der Waals surface area contributed by atoms with E-state index in [0.29, 0.717) is 11.3 Å². The summed E-state index contributed by atoms with van der Waals surface area (Å²) in [5.74, 6) is -2.82. The van der Waals surface area contributed by atoms with Crippen molar-refractivity contribution in [3.8, 4) is 5.75 Å². The number of amides is 3. The number of carbonyl (C=O) groups excluding carboxylic acids is 3. The van der Waals surface area contributed by atoms with Gasteiger partial charge in [-0.2, -0.15) is 11.8 Å². The topological polar surface area (TPSA) is 191 Å². The summed E-state index contributed by atoms with van der Waals surface area (Å²) < 4.78 is 0.